The van der Waals surface area contributed by atoms with Crippen LogP contribution in [-0.4, -0.2) is 72.6 Å². The molecule has 0 radical (unpaired) electrons. The molecule has 1 fully saturated rings. The Bertz CT molecular complexity index is 1230. The molecule has 31 heavy (non-hydrogen) atoms. The van der Waals surface area contributed by atoms with Crippen LogP contribution in [0.15, 0.2) is 35.6 Å². The van der Waals surface area contributed by atoms with Crippen molar-refractivity contribution < 1.29 is 8.42 Å². The molecule has 2 N–H and O–H groups in total. The number of nitrogens with one attached hydrogen (secondary N) is 2. The maximum Gasteiger partial charge on any atom is 0.256 e. The summed E-state index contributed by atoms with van der Waals surface area (Å²) in [6.45, 7) is 8.30. The van der Waals surface area contributed by atoms with Gasteiger partial charge < -0.3 is 19.7 Å². The van der Waals surface area contributed by atoms with Crippen LogP contribution < -0.4 is 14.9 Å². The minimum absolute atomic E-state index is 0.208. The second kappa shape index (κ2) is 7.14. The van der Waals surface area contributed by atoms with Crippen LogP contribution >= 0.6 is 0 Å². The predicted octanol–water partition coefficient (Wildman–Crippen LogP) is 1.35. The highest BCUT2D eigenvalue weighted by Gasteiger charge is 2.37. The molecule has 2 aliphatic heterocycles. The Kier molecular flexibility index (Phi) is 4.65. The minimum Gasteiger partial charge on any atom is -0.368 e. The summed E-state index contributed by atoms with van der Waals surface area (Å²) in [6, 6.07) is 5.57. The molecule has 11 heteroatoms. The molecule has 0 aliphatic carbocycles. The minimum atomic E-state index is -3.56. The molecule has 1 saturated heterocycles. The van der Waals surface area contributed by atoms with Crippen LogP contribution in [-0.2, 0) is 15.6 Å². The lowest BCUT2D eigenvalue weighted by Crippen LogP contribution is -2.47. The van der Waals surface area contributed by atoms with E-state index >= 15 is 0 Å². The third kappa shape index (κ3) is 3.62. The zero-order valence-corrected chi connectivity index (χ0v) is 18.6. The lowest BCUT2D eigenvalue weighted by Gasteiger charge is -2.33. The Morgan fingerprint density at radius 1 is 1.10 bits per heavy atom. The van der Waals surface area contributed by atoms with E-state index in [0.29, 0.717) is 29.3 Å². The fourth-order valence-corrected chi connectivity index (χ4v) is 5.61. The van der Waals surface area contributed by atoms with E-state index < -0.39 is 15.6 Å². The molecule has 5 rings (SSSR count). The fraction of sp³-hybridized carbons (Fsp3) is 0.450. The molecule has 3 aromatic heterocycles. The number of fused-ring (bicyclic) bond motifs is 3. The van der Waals surface area contributed by atoms with E-state index in [0.717, 1.165) is 31.9 Å². The van der Waals surface area contributed by atoms with Gasteiger partial charge in [0.25, 0.3) is 10.0 Å². The molecule has 0 aromatic carbocycles. The maximum absolute atomic E-state index is 12.5. The molecular weight excluding hydrogens is 416 g/mol. The van der Waals surface area contributed by atoms with Gasteiger partial charge in [-0.2, -0.15) is 4.98 Å². The highest BCUT2D eigenvalue weighted by atomic mass is 32.2. The van der Waals surface area contributed by atoms with Gasteiger partial charge >= 0.3 is 0 Å². The number of hydrogen-bond acceptors (Lipinski definition) is 8. The van der Waals surface area contributed by atoms with Gasteiger partial charge in [-0.15, -0.1) is 0 Å². The van der Waals surface area contributed by atoms with E-state index in [1.807, 2.05) is 32.2 Å². The maximum atomic E-state index is 12.5. The lowest BCUT2D eigenvalue weighted by molar-refractivity contribution is 0.313. The molecular formula is C20H26N8O2S. The molecule has 0 bridgehead atoms. The number of anilines is 3. The molecule has 5 heterocycles. The van der Waals surface area contributed by atoms with Gasteiger partial charge in [0, 0.05) is 44.3 Å². The van der Waals surface area contributed by atoms with Gasteiger partial charge in [-0.25, -0.2) is 23.1 Å². The molecule has 0 unspecified atom stereocenters. The van der Waals surface area contributed by atoms with Crippen molar-refractivity contribution in [2.75, 3.05) is 50.0 Å². The number of likely N-dealkylation sites (N-methyl/N-ethyl adjacent to an activating group) is 1. The van der Waals surface area contributed by atoms with Gasteiger partial charge in [-0.1, -0.05) is 0 Å². The number of aromatic nitrogens is 4. The summed E-state index contributed by atoms with van der Waals surface area (Å²) in [5, 5.41) is 4.03. The van der Waals surface area contributed by atoms with Crippen molar-refractivity contribution in [3.05, 3.63) is 30.6 Å². The molecule has 2 aliphatic rings. The monoisotopic (exact) mass is 442 g/mol. The lowest BCUT2D eigenvalue weighted by atomic mass is 10.1. The Labute approximate surface area is 181 Å². The van der Waals surface area contributed by atoms with Crippen LogP contribution in [0.1, 0.15) is 13.8 Å². The van der Waals surface area contributed by atoms with Gasteiger partial charge in [0.05, 0.1) is 17.4 Å². The van der Waals surface area contributed by atoms with Crippen molar-refractivity contribution in [2.24, 2.45) is 0 Å². The molecule has 10 nitrogen and oxygen atoms in total. The molecule has 0 spiro atoms. The second-order valence-electron chi connectivity index (χ2n) is 8.74. The van der Waals surface area contributed by atoms with Gasteiger partial charge in [0.2, 0.25) is 5.95 Å². The number of nitrogens with zero attached hydrogens (tertiary/aromatic N) is 6. The van der Waals surface area contributed by atoms with Crippen LogP contribution in [0.25, 0.3) is 11.0 Å². The predicted molar refractivity (Wildman–Crippen MR) is 119 cm³/mol. The zero-order chi connectivity index (χ0) is 21.8. The first-order chi connectivity index (χ1) is 14.7. The van der Waals surface area contributed by atoms with Crippen molar-refractivity contribution in [1.29, 1.82) is 0 Å². The largest absolute Gasteiger partial charge is 0.368 e. The van der Waals surface area contributed by atoms with Crippen LogP contribution in [0.2, 0.25) is 0 Å². The van der Waals surface area contributed by atoms with Gasteiger partial charge in [-0.05, 0) is 39.1 Å². The third-order valence-corrected chi connectivity index (χ3v) is 7.31. The topological polar surface area (TPSA) is 108 Å². The van der Waals surface area contributed by atoms with Crippen molar-refractivity contribution >= 4 is 38.5 Å². The summed E-state index contributed by atoms with van der Waals surface area (Å²) in [7, 11) is -1.43. The second-order valence-corrected chi connectivity index (χ2v) is 10.5. The number of pyridine rings is 1. The molecule has 0 atom stereocenters. The number of piperazine rings is 1. The molecule has 0 saturated carbocycles. The zero-order valence-electron chi connectivity index (χ0n) is 17.8. The number of rotatable bonds is 3. The number of hydrogen-bond donors (Lipinski definition) is 2. The Morgan fingerprint density at radius 2 is 1.87 bits per heavy atom. The van der Waals surface area contributed by atoms with E-state index in [4.69, 9.17) is 0 Å². The van der Waals surface area contributed by atoms with E-state index in [9.17, 15) is 8.42 Å². The normalized spacial score (nSPS) is 20.5. The van der Waals surface area contributed by atoms with Gasteiger partial charge in [-0.3, -0.25) is 0 Å². The van der Waals surface area contributed by atoms with E-state index in [-0.39, 0.29) is 5.03 Å². The standard InChI is InChI=1S/C20H26N8O2S/c1-20(2)13-23-31(29,30)17-10-14-11-22-19(25-18(14)28(17)20)24-16-5-4-15(12-21-16)27-8-6-26(3)7-9-27/h4-5,10-12,23H,6-9,13H2,1-3H3,(H,21,22,24,25). The van der Waals surface area contributed by atoms with Crippen molar-refractivity contribution in [3.8, 4) is 0 Å². The quantitative estimate of drug-likeness (QED) is 0.626. The van der Waals surface area contributed by atoms with Crippen LogP contribution in [0.3, 0.4) is 0 Å². The van der Waals surface area contributed by atoms with Crippen LogP contribution in [0.5, 0.6) is 0 Å². The highest BCUT2D eigenvalue weighted by Crippen LogP contribution is 2.32. The summed E-state index contributed by atoms with van der Waals surface area (Å²) in [6.07, 6.45) is 3.49. The average molecular weight is 443 g/mol. The average Bonchev–Trinajstić information content (AvgIpc) is 3.14. The Hall–Kier alpha value is -2.76. The van der Waals surface area contributed by atoms with E-state index in [2.05, 4.69) is 41.8 Å². The first-order valence-electron chi connectivity index (χ1n) is 10.3. The smallest absolute Gasteiger partial charge is 0.256 e. The summed E-state index contributed by atoms with van der Waals surface area (Å²) >= 11 is 0. The first-order valence-corrected chi connectivity index (χ1v) is 11.8. The van der Waals surface area contributed by atoms with Gasteiger partial charge in [0.15, 0.2) is 5.03 Å². The molecule has 164 valence electrons. The molecule has 0 amide bonds. The van der Waals surface area contributed by atoms with Gasteiger partial charge in [0.1, 0.15) is 11.5 Å². The van der Waals surface area contributed by atoms with E-state index in [1.165, 1.54) is 0 Å². The fourth-order valence-electron chi connectivity index (χ4n) is 4.06. The summed E-state index contributed by atoms with van der Waals surface area (Å²) in [5.41, 5.74) is 1.22. The summed E-state index contributed by atoms with van der Waals surface area (Å²) in [4.78, 5) is 18.1. The first kappa shape index (κ1) is 20.2. The Morgan fingerprint density at radius 3 is 2.58 bits per heavy atom. The van der Waals surface area contributed by atoms with Crippen LogP contribution in [0, 0.1) is 0 Å². The summed E-state index contributed by atoms with van der Waals surface area (Å²) < 4.78 is 29.3. The van der Waals surface area contributed by atoms with Crippen LogP contribution in [0.4, 0.5) is 17.5 Å². The number of sulfonamides is 1. The van der Waals surface area contributed by atoms with Crippen molar-refractivity contribution in [2.45, 2.75) is 24.4 Å². The Balaban J connectivity index is 1.43. The third-order valence-electron chi connectivity index (χ3n) is 5.94. The SMILES string of the molecule is CN1CCN(c2ccc(Nc3ncc4cc5n(c4n3)C(C)(C)CNS5(=O)=O)nc2)CC1. The van der Waals surface area contributed by atoms with E-state index in [1.54, 1.807) is 16.8 Å². The van der Waals surface area contributed by atoms with Crippen molar-refractivity contribution in [3.63, 3.8) is 0 Å². The van der Waals surface area contributed by atoms with Crippen molar-refractivity contribution in [1.82, 2.24) is 29.1 Å². The molecule has 3 aromatic rings. The summed E-state index contributed by atoms with van der Waals surface area (Å²) in [5.74, 6) is 1.01. The highest BCUT2D eigenvalue weighted by molar-refractivity contribution is 7.89.